The third-order valence-corrected chi connectivity index (χ3v) is 2.15. The van der Waals surface area contributed by atoms with Crippen LogP contribution in [0.3, 0.4) is 0 Å². The molecule has 0 radical (unpaired) electrons. The second kappa shape index (κ2) is 5.89. The lowest BCUT2D eigenvalue weighted by molar-refractivity contribution is -0.0477. The van der Waals surface area contributed by atoms with Gasteiger partial charge in [0.15, 0.2) is 0 Å². The van der Waals surface area contributed by atoms with Crippen LogP contribution in [0.15, 0.2) is 24.3 Å². The number of hydrogen-bond donors (Lipinski definition) is 3. The van der Waals surface area contributed by atoms with Gasteiger partial charge in [0.1, 0.15) is 6.61 Å². The number of halogens is 2. The second-order valence-corrected chi connectivity index (χ2v) is 3.59. The van der Waals surface area contributed by atoms with E-state index in [0.717, 1.165) is 11.1 Å². The highest BCUT2D eigenvalue weighted by molar-refractivity contribution is 5.21. The van der Waals surface area contributed by atoms with Crippen LogP contribution in [0.25, 0.3) is 0 Å². The van der Waals surface area contributed by atoms with Gasteiger partial charge in [-0.25, -0.2) is 8.78 Å². The van der Waals surface area contributed by atoms with E-state index in [2.05, 4.69) is 5.32 Å². The number of aliphatic hydroxyl groups is 2. The Morgan fingerprint density at radius 1 is 1.06 bits per heavy atom. The Morgan fingerprint density at radius 3 is 2.12 bits per heavy atom. The fourth-order valence-electron chi connectivity index (χ4n) is 1.21. The largest absolute Gasteiger partial charge is 0.392 e. The van der Waals surface area contributed by atoms with Crippen molar-refractivity contribution in [3.8, 4) is 0 Å². The highest BCUT2D eigenvalue weighted by Crippen LogP contribution is 2.10. The van der Waals surface area contributed by atoms with E-state index in [9.17, 15) is 8.78 Å². The van der Waals surface area contributed by atoms with Crippen LogP contribution in [0.5, 0.6) is 0 Å². The van der Waals surface area contributed by atoms with Crippen molar-refractivity contribution in [2.45, 2.75) is 19.1 Å². The van der Waals surface area contributed by atoms with E-state index in [1.165, 1.54) is 0 Å². The molecule has 0 aliphatic carbocycles. The van der Waals surface area contributed by atoms with Crippen molar-refractivity contribution in [3.63, 3.8) is 0 Å². The van der Waals surface area contributed by atoms with Gasteiger partial charge in [0.25, 0.3) is 5.92 Å². The molecule has 0 aliphatic rings. The van der Waals surface area contributed by atoms with E-state index in [0.29, 0.717) is 6.54 Å². The molecule has 1 rings (SSSR count). The molecule has 1 aromatic carbocycles. The zero-order valence-electron chi connectivity index (χ0n) is 8.79. The Balaban J connectivity index is 2.37. The normalized spacial score (nSPS) is 11.8. The number of alkyl halides is 2. The summed E-state index contributed by atoms with van der Waals surface area (Å²) in [5, 5.41) is 19.7. The molecule has 0 heterocycles. The first-order chi connectivity index (χ1) is 7.57. The van der Waals surface area contributed by atoms with Gasteiger partial charge >= 0.3 is 0 Å². The maximum atomic E-state index is 12.6. The third-order valence-electron chi connectivity index (χ3n) is 2.15. The number of nitrogens with one attached hydrogen (secondary N) is 1. The van der Waals surface area contributed by atoms with Crippen LogP contribution in [0.4, 0.5) is 8.78 Å². The van der Waals surface area contributed by atoms with Gasteiger partial charge in [-0.1, -0.05) is 24.3 Å². The molecule has 0 spiro atoms. The highest BCUT2D eigenvalue weighted by atomic mass is 19.3. The SMILES string of the molecule is OCc1ccc(CNCC(F)(F)CO)cc1. The van der Waals surface area contributed by atoms with Crippen LogP contribution >= 0.6 is 0 Å². The monoisotopic (exact) mass is 231 g/mol. The average molecular weight is 231 g/mol. The Labute approximate surface area is 92.7 Å². The Bertz CT molecular complexity index is 314. The van der Waals surface area contributed by atoms with E-state index in [1.54, 1.807) is 24.3 Å². The van der Waals surface area contributed by atoms with Crippen molar-refractivity contribution in [2.75, 3.05) is 13.2 Å². The lowest BCUT2D eigenvalue weighted by atomic mass is 10.1. The average Bonchev–Trinajstić information content (AvgIpc) is 2.30. The lowest BCUT2D eigenvalue weighted by Crippen LogP contribution is -2.35. The van der Waals surface area contributed by atoms with Gasteiger partial charge in [0.2, 0.25) is 0 Å². The van der Waals surface area contributed by atoms with Crippen molar-refractivity contribution in [1.29, 1.82) is 0 Å². The third kappa shape index (κ3) is 4.22. The molecule has 90 valence electrons. The zero-order chi connectivity index (χ0) is 12.0. The van der Waals surface area contributed by atoms with Gasteiger partial charge in [-0.2, -0.15) is 0 Å². The van der Waals surface area contributed by atoms with Crippen LogP contribution in [-0.2, 0) is 13.2 Å². The van der Waals surface area contributed by atoms with Crippen LogP contribution in [0.2, 0.25) is 0 Å². The van der Waals surface area contributed by atoms with Crippen molar-refractivity contribution in [2.24, 2.45) is 0 Å². The van der Waals surface area contributed by atoms with E-state index < -0.39 is 19.1 Å². The summed E-state index contributed by atoms with van der Waals surface area (Å²) in [6.45, 7) is -1.42. The quantitative estimate of drug-likeness (QED) is 0.681. The summed E-state index contributed by atoms with van der Waals surface area (Å²) in [6, 6.07) is 6.99. The first-order valence-electron chi connectivity index (χ1n) is 4.95. The number of hydrogen-bond acceptors (Lipinski definition) is 3. The summed E-state index contributed by atoms with van der Waals surface area (Å²) in [6.07, 6.45) is 0. The van der Waals surface area contributed by atoms with Gasteiger partial charge in [-0.3, -0.25) is 0 Å². The summed E-state index contributed by atoms with van der Waals surface area (Å²) in [5.74, 6) is -3.08. The maximum absolute atomic E-state index is 12.6. The molecule has 0 amide bonds. The number of rotatable bonds is 6. The molecule has 0 saturated carbocycles. The minimum Gasteiger partial charge on any atom is -0.392 e. The van der Waals surface area contributed by atoms with Crippen molar-refractivity contribution in [3.05, 3.63) is 35.4 Å². The van der Waals surface area contributed by atoms with Crippen LogP contribution in [0.1, 0.15) is 11.1 Å². The fraction of sp³-hybridized carbons (Fsp3) is 0.455. The van der Waals surface area contributed by atoms with Crippen molar-refractivity contribution in [1.82, 2.24) is 5.32 Å². The van der Waals surface area contributed by atoms with Crippen LogP contribution in [-0.4, -0.2) is 29.3 Å². The molecular weight excluding hydrogens is 216 g/mol. The smallest absolute Gasteiger partial charge is 0.282 e. The Morgan fingerprint density at radius 2 is 1.62 bits per heavy atom. The molecule has 0 aliphatic heterocycles. The molecule has 3 nitrogen and oxygen atoms in total. The summed E-state index contributed by atoms with van der Waals surface area (Å²) in [4.78, 5) is 0. The molecule has 0 aromatic heterocycles. The predicted octanol–water partition coefficient (Wildman–Crippen LogP) is 0.896. The molecule has 0 fully saturated rings. The first kappa shape index (κ1) is 13.0. The van der Waals surface area contributed by atoms with Gasteiger partial charge in [-0.05, 0) is 11.1 Å². The molecule has 1 aromatic rings. The summed E-state index contributed by atoms with van der Waals surface area (Å²) in [7, 11) is 0. The first-order valence-corrected chi connectivity index (χ1v) is 4.95. The molecule has 16 heavy (non-hydrogen) atoms. The molecule has 0 unspecified atom stereocenters. The maximum Gasteiger partial charge on any atom is 0.282 e. The van der Waals surface area contributed by atoms with Gasteiger partial charge in [0.05, 0.1) is 13.2 Å². The van der Waals surface area contributed by atoms with Gasteiger partial charge in [-0.15, -0.1) is 0 Å². The zero-order valence-corrected chi connectivity index (χ0v) is 8.79. The summed E-state index contributed by atoms with van der Waals surface area (Å²) >= 11 is 0. The van der Waals surface area contributed by atoms with Crippen molar-refractivity contribution >= 4 is 0 Å². The highest BCUT2D eigenvalue weighted by Gasteiger charge is 2.26. The second-order valence-electron chi connectivity index (χ2n) is 3.59. The number of aliphatic hydroxyl groups excluding tert-OH is 2. The topological polar surface area (TPSA) is 52.5 Å². The number of benzene rings is 1. The Kier molecular flexibility index (Phi) is 4.79. The summed E-state index contributed by atoms with van der Waals surface area (Å²) in [5.41, 5.74) is 1.63. The van der Waals surface area contributed by atoms with E-state index in [4.69, 9.17) is 10.2 Å². The minimum atomic E-state index is -3.08. The molecule has 0 bridgehead atoms. The lowest BCUT2D eigenvalue weighted by Gasteiger charge is -2.13. The molecule has 0 saturated heterocycles. The van der Waals surface area contributed by atoms with Crippen molar-refractivity contribution < 1.29 is 19.0 Å². The predicted molar refractivity (Wildman–Crippen MR) is 56.1 cm³/mol. The van der Waals surface area contributed by atoms with Gasteiger partial charge < -0.3 is 15.5 Å². The Hall–Kier alpha value is -1.04. The van der Waals surface area contributed by atoms with Crippen LogP contribution < -0.4 is 5.32 Å². The summed E-state index contributed by atoms with van der Waals surface area (Å²) < 4.78 is 25.3. The fourth-order valence-corrected chi connectivity index (χ4v) is 1.21. The molecule has 3 N–H and O–H groups in total. The van der Waals surface area contributed by atoms with E-state index >= 15 is 0 Å². The molecule has 0 atom stereocenters. The molecular formula is C11H15F2NO2. The standard InChI is InChI=1S/C11H15F2NO2/c12-11(13,8-16)7-14-5-9-1-3-10(6-15)4-2-9/h1-4,14-16H,5-8H2. The van der Waals surface area contributed by atoms with E-state index in [-0.39, 0.29) is 6.61 Å². The van der Waals surface area contributed by atoms with E-state index in [1.807, 2.05) is 0 Å². The van der Waals surface area contributed by atoms with Gasteiger partial charge in [0, 0.05) is 6.54 Å². The van der Waals surface area contributed by atoms with Crippen LogP contribution in [0, 0.1) is 0 Å². The molecule has 5 heteroatoms. The minimum absolute atomic E-state index is 0.0315.